The van der Waals surface area contributed by atoms with E-state index in [0.29, 0.717) is 51.0 Å². The first-order chi connectivity index (χ1) is 21.4. The van der Waals surface area contributed by atoms with E-state index in [9.17, 15) is 9.59 Å². The summed E-state index contributed by atoms with van der Waals surface area (Å²) in [6, 6.07) is 31.9. The molecule has 1 heterocycles. The van der Waals surface area contributed by atoms with E-state index in [2.05, 4.69) is 55.8 Å². The monoisotopic (exact) mass is 654 g/mol. The van der Waals surface area contributed by atoms with Gasteiger partial charge in [-0.3, -0.25) is 14.6 Å². The number of carbonyl (C=O) groups is 2. The number of nitrogens with zero attached hydrogens (tertiary/aromatic N) is 2. The number of carbonyl (C=O) groups excluding carboxylic acids is 2. The molecule has 2 amide bonds. The van der Waals surface area contributed by atoms with Gasteiger partial charge in [-0.15, -0.1) is 0 Å². The predicted molar refractivity (Wildman–Crippen MR) is 181 cm³/mol. The summed E-state index contributed by atoms with van der Waals surface area (Å²) < 4.78 is 0.997. The first-order valence-corrected chi connectivity index (χ1v) is 15.8. The van der Waals surface area contributed by atoms with Gasteiger partial charge in [0, 0.05) is 48.2 Å². The van der Waals surface area contributed by atoms with Crippen LogP contribution in [-0.2, 0) is 4.79 Å². The minimum Gasteiger partial charge on any atom is -0.370 e. The second-order valence-electron chi connectivity index (χ2n) is 11.2. The van der Waals surface area contributed by atoms with Crippen LogP contribution in [0.15, 0.2) is 107 Å². The number of amides is 2. The minimum atomic E-state index is -0.417. The molecular weight excluding hydrogens is 616 g/mol. The molecule has 228 valence electrons. The Bertz CT molecular complexity index is 1550. The quantitative estimate of drug-likeness (QED) is 0.105. The molecule has 0 aromatic heterocycles. The largest absolute Gasteiger partial charge is 0.370 e. The lowest BCUT2D eigenvalue weighted by Crippen LogP contribution is -2.49. The summed E-state index contributed by atoms with van der Waals surface area (Å²) in [7, 11) is 0. The maximum Gasteiger partial charge on any atom is 0.251 e. The van der Waals surface area contributed by atoms with E-state index in [4.69, 9.17) is 11.5 Å². The molecule has 2 atom stereocenters. The van der Waals surface area contributed by atoms with Crippen LogP contribution in [0.5, 0.6) is 0 Å². The van der Waals surface area contributed by atoms with Crippen molar-refractivity contribution in [3.8, 4) is 0 Å². The van der Waals surface area contributed by atoms with Gasteiger partial charge in [0.05, 0.1) is 6.04 Å². The molecule has 4 aromatic rings. The fraction of sp³-hybridized carbons (Fsp3) is 0.286. The van der Waals surface area contributed by atoms with Gasteiger partial charge in [-0.1, -0.05) is 88.7 Å². The second-order valence-corrected chi connectivity index (χ2v) is 12.1. The number of benzene rings is 4. The zero-order valence-corrected chi connectivity index (χ0v) is 26.2. The number of halogens is 1. The van der Waals surface area contributed by atoms with Crippen molar-refractivity contribution < 1.29 is 9.59 Å². The van der Waals surface area contributed by atoms with E-state index in [1.807, 2.05) is 77.7 Å². The fourth-order valence-electron chi connectivity index (χ4n) is 5.80. The molecular formula is C35H39BrN6O2. The molecule has 0 spiro atoms. The Morgan fingerprint density at radius 3 is 2.30 bits per heavy atom. The van der Waals surface area contributed by atoms with Gasteiger partial charge in [-0.25, -0.2) is 0 Å². The Balaban J connectivity index is 1.31. The number of hydrogen-bond donors (Lipinski definition) is 4. The van der Waals surface area contributed by atoms with Crippen molar-refractivity contribution >= 4 is 44.5 Å². The predicted octanol–water partition coefficient (Wildman–Crippen LogP) is 4.78. The highest BCUT2D eigenvalue weighted by Crippen LogP contribution is 2.27. The van der Waals surface area contributed by atoms with Crippen LogP contribution in [0.1, 0.15) is 46.7 Å². The number of nitrogens with two attached hydrogens (primary N) is 2. The van der Waals surface area contributed by atoms with Gasteiger partial charge in [-0.2, -0.15) is 0 Å². The van der Waals surface area contributed by atoms with Crippen LogP contribution in [0.3, 0.4) is 0 Å². The Morgan fingerprint density at radius 2 is 1.61 bits per heavy atom. The molecule has 0 bridgehead atoms. The summed E-state index contributed by atoms with van der Waals surface area (Å²) in [5.41, 5.74) is 14.0. The van der Waals surface area contributed by atoms with Gasteiger partial charge < -0.3 is 27.0 Å². The lowest BCUT2D eigenvalue weighted by Gasteiger charge is -2.29. The Kier molecular flexibility index (Phi) is 10.6. The summed E-state index contributed by atoms with van der Waals surface area (Å²) in [6.45, 7) is 2.00. The van der Waals surface area contributed by atoms with Gasteiger partial charge in [0.1, 0.15) is 0 Å². The van der Waals surface area contributed by atoms with Crippen LogP contribution < -0.4 is 22.1 Å². The highest BCUT2D eigenvalue weighted by Gasteiger charge is 2.32. The van der Waals surface area contributed by atoms with Crippen LogP contribution >= 0.6 is 15.9 Å². The molecule has 6 N–H and O–H groups in total. The van der Waals surface area contributed by atoms with Crippen LogP contribution in [0.2, 0.25) is 0 Å². The number of nitrogens with one attached hydrogen (secondary N) is 2. The van der Waals surface area contributed by atoms with E-state index < -0.39 is 6.04 Å². The van der Waals surface area contributed by atoms with Crippen molar-refractivity contribution in [1.29, 1.82) is 0 Å². The van der Waals surface area contributed by atoms with E-state index in [0.717, 1.165) is 15.2 Å². The standard InChI is InChI=1S/C35H39BrN6O2/c36-29-16-15-26-20-28(14-13-27(26)21-29)33(43)40-22-30-17-19-42(34(44)32(41-30)12-7-18-39-35(37)38)23-31(24-8-3-1-4-9-24)25-10-5-2-6-11-25/h1-6,8-11,13-16,20-21,30-32,41H,7,12,17-19,22-23H2,(H,40,43)(H4,37,38,39). The summed E-state index contributed by atoms with van der Waals surface area (Å²) in [5.74, 6) is -0.00155. The van der Waals surface area contributed by atoms with E-state index in [-0.39, 0.29) is 29.7 Å². The minimum absolute atomic E-state index is 0.0356. The summed E-state index contributed by atoms with van der Waals surface area (Å²) in [5, 5.41) is 8.72. The van der Waals surface area contributed by atoms with Gasteiger partial charge in [0.25, 0.3) is 5.91 Å². The van der Waals surface area contributed by atoms with Gasteiger partial charge in [0.2, 0.25) is 5.91 Å². The van der Waals surface area contributed by atoms with E-state index in [1.165, 1.54) is 11.1 Å². The second kappa shape index (κ2) is 15.0. The first-order valence-electron chi connectivity index (χ1n) is 15.0. The SMILES string of the molecule is NC(N)=NCCCC1NC(CNC(=O)c2ccc3cc(Br)ccc3c2)CCN(CC(c2ccccc2)c2ccccc2)C1=O. The molecule has 0 saturated carbocycles. The summed E-state index contributed by atoms with van der Waals surface area (Å²) in [6.07, 6.45) is 1.94. The zero-order valence-electron chi connectivity index (χ0n) is 24.7. The average molecular weight is 656 g/mol. The number of aliphatic imine (C=N–C) groups is 1. The Morgan fingerprint density at radius 1 is 0.955 bits per heavy atom. The lowest BCUT2D eigenvalue weighted by molar-refractivity contribution is -0.133. The maximum absolute atomic E-state index is 14.0. The van der Waals surface area contributed by atoms with Crippen LogP contribution in [0, 0.1) is 0 Å². The van der Waals surface area contributed by atoms with Crippen LogP contribution in [-0.4, -0.2) is 60.9 Å². The highest BCUT2D eigenvalue weighted by molar-refractivity contribution is 9.10. The van der Waals surface area contributed by atoms with Crippen LogP contribution in [0.4, 0.5) is 0 Å². The number of guanidine groups is 1. The molecule has 0 radical (unpaired) electrons. The fourth-order valence-corrected chi connectivity index (χ4v) is 6.18. The Labute approximate surface area is 267 Å². The third-order valence-corrected chi connectivity index (χ3v) is 8.61. The third-order valence-electron chi connectivity index (χ3n) is 8.12. The average Bonchev–Trinajstić information content (AvgIpc) is 3.19. The molecule has 5 rings (SSSR count). The van der Waals surface area contributed by atoms with Crippen molar-refractivity contribution in [2.75, 3.05) is 26.2 Å². The maximum atomic E-state index is 14.0. The van der Waals surface area contributed by atoms with Gasteiger partial charge in [-0.05, 0) is 65.4 Å². The Hall–Kier alpha value is -4.21. The van der Waals surface area contributed by atoms with Crippen molar-refractivity contribution in [3.05, 3.63) is 118 Å². The van der Waals surface area contributed by atoms with Crippen LogP contribution in [0.25, 0.3) is 10.8 Å². The van der Waals surface area contributed by atoms with Crippen molar-refractivity contribution in [1.82, 2.24) is 15.5 Å². The molecule has 1 aliphatic heterocycles. The molecule has 1 fully saturated rings. The number of rotatable bonds is 11. The molecule has 4 aromatic carbocycles. The summed E-state index contributed by atoms with van der Waals surface area (Å²) >= 11 is 3.50. The van der Waals surface area contributed by atoms with Crippen molar-refractivity contribution in [2.24, 2.45) is 16.5 Å². The zero-order chi connectivity index (χ0) is 30.9. The number of fused-ring (bicyclic) bond motifs is 1. The summed E-state index contributed by atoms with van der Waals surface area (Å²) in [4.78, 5) is 33.3. The highest BCUT2D eigenvalue weighted by atomic mass is 79.9. The molecule has 9 heteroatoms. The third kappa shape index (κ3) is 8.24. The normalized spacial score (nSPS) is 17.0. The van der Waals surface area contributed by atoms with Gasteiger partial charge >= 0.3 is 0 Å². The molecule has 2 unspecified atom stereocenters. The molecule has 1 saturated heterocycles. The molecule has 8 nitrogen and oxygen atoms in total. The molecule has 0 aliphatic carbocycles. The smallest absolute Gasteiger partial charge is 0.251 e. The molecule has 1 aliphatic rings. The van der Waals surface area contributed by atoms with Crippen molar-refractivity contribution in [2.45, 2.75) is 37.3 Å². The number of hydrogen-bond acceptors (Lipinski definition) is 4. The van der Waals surface area contributed by atoms with Gasteiger partial charge in [0.15, 0.2) is 5.96 Å². The van der Waals surface area contributed by atoms with Crippen molar-refractivity contribution in [3.63, 3.8) is 0 Å². The first kappa shape index (κ1) is 31.2. The molecule has 44 heavy (non-hydrogen) atoms. The van der Waals surface area contributed by atoms with E-state index in [1.54, 1.807) is 0 Å². The van der Waals surface area contributed by atoms with E-state index >= 15 is 0 Å². The topological polar surface area (TPSA) is 126 Å². The lowest BCUT2D eigenvalue weighted by atomic mass is 9.90.